The number of pyridine rings is 1. The lowest BCUT2D eigenvalue weighted by Gasteiger charge is -1.92. The van der Waals surface area contributed by atoms with E-state index < -0.39 is 0 Å². The van der Waals surface area contributed by atoms with Crippen molar-refractivity contribution in [3.05, 3.63) is 45.9 Å². The first-order valence-corrected chi connectivity index (χ1v) is 3.69. The summed E-state index contributed by atoms with van der Waals surface area (Å²) in [6.45, 7) is 0. The molecule has 0 saturated carbocycles. The highest BCUT2D eigenvalue weighted by molar-refractivity contribution is 6.25. The molecule has 58 valence electrons. The molecule has 0 fully saturated rings. The van der Waals surface area contributed by atoms with Gasteiger partial charge in [-0.25, -0.2) is 0 Å². The fraction of sp³-hybridized carbons (Fsp3) is 0.125. The second-order valence-corrected chi connectivity index (χ2v) is 2.37. The zero-order chi connectivity index (χ0) is 8.10. The van der Waals surface area contributed by atoms with Crippen molar-refractivity contribution in [3.8, 4) is 0 Å². The Bertz CT molecular complexity index is 303. The maximum absolute atomic E-state index is 10.8. The predicted molar refractivity (Wildman–Crippen MR) is 45.8 cm³/mol. The smallest absolute Gasteiger partial charge is 0.181 e. The van der Waals surface area contributed by atoms with Gasteiger partial charge in [0.25, 0.3) is 0 Å². The van der Waals surface area contributed by atoms with E-state index in [1.165, 1.54) is 11.6 Å². The first-order valence-electron chi connectivity index (χ1n) is 3.26. The number of hydrogen-bond acceptors (Lipinski definition) is 1. The molecule has 0 aromatic carbocycles. The molecule has 0 atom stereocenters. The number of hydrogen-bond donors (Lipinski definition) is 1. The van der Waals surface area contributed by atoms with E-state index in [1.807, 2.05) is 0 Å². The predicted octanol–water partition coefficient (Wildman–Crippen LogP) is 1.67. The van der Waals surface area contributed by atoms with Crippen molar-refractivity contribution in [1.82, 2.24) is 4.98 Å². The van der Waals surface area contributed by atoms with Crippen LogP contribution in [0.2, 0.25) is 0 Å². The topological polar surface area (TPSA) is 32.9 Å². The summed E-state index contributed by atoms with van der Waals surface area (Å²) in [7, 11) is 0. The number of aromatic nitrogens is 1. The van der Waals surface area contributed by atoms with Crippen molar-refractivity contribution < 1.29 is 0 Å². The Morgan fingerprint density at radius 3 is 3.09 bits per heavy atom. The van der Waals surface area contributed by atoms with Crippen LogP contribution in [0, 0.1) is 0 Å². The molecule has 2 nitrogen and oxygen atoms in total. The van der Waals surface area contributed by atoms with Crippen LogP contribution in [0.5, 0.6) is 0 Å². The van der Waals surface area contributed by atoms with Crippen molar-refractivity contribution in [3.63, 3.8) is 0 Å². The Kier molecular flexibility index (Phi) is 2.93. The van der Waals surface area contributed by atoms with E-state index in [0.29, 0.717) is 6.42 Å². The lowest BCUT2D eigenvalue weighted by Crippen LogP contribution is -1.99. The van der Waals surface area contributed by atoms with Gasteiger partial charge in [-0.3, -0.25) is 4.79 Å². The molecule has 1 aromatic rings. The number of aromatic amines is 1. The second kappa shape index (κ2) is 3.98. The molecule has 0 amide bonds. The zero-order valence-electron chi connectivity index (χ0n) is 5.88. The molecule has 0 unspecified atom stereocenters. The molecule has 0 radical (unpaired) electrons. The number of halogens is 1. The van der Waals surface area contributed by atoms with Gasteiger partial charge < -0.3 is 4.98 Å². The number of H-pyrrole nitrogens is 1. The lowest BCUT2D eigenvalue weighted by atomic mass is 10.3. The fourth-order valence-corrected chi connectivity index (χ4v) is 0.871. The van der Waals surface area contributed by atoms with Gasteiger partial charge in [-0.15, -0.1) is 0 Å². The summed E-state index contributed by atoms with van der Waals surface area (Å²) < 4.78 is 0. The van der Waals surface area contributed by atoms with E-state index in [2.05, 4.69) is 4.98 Å². The fourth-order valence-electron chi connectivity index (χ4n) is 0.782. The minimum Gasteiger partial charge on any atom is -0.364 e. The monoisotopic (exact) mass is 169 g/mol. The van der Waals surface area contributed by atoms with Gasteiger partial charge in [0.1, 0.15) is 0 Å². The summed E-state index contributed by atoms with van der Waals surface area (Å²) in [5.41, 5.74) is 2.32. The molecule has 11 heavy (non-hydrogen) atoms. The van der Waals surface area contributed by atoms with Crippen LogP contribution in [-0.4, -0.2) is 4.98 Å². The lowest BCUT2D eigenvalue weighted by molar-refractivity contribution is 1.10. The van der Waals surface area contributed by atoms with Crippen LogP contribution < -0.4 is 5.43 Å². The second-order valence-electron chi connectivity index (χ2n) is 2.12. The quantitative estimate of drug-likeness (QED) is 0.718. The summed E-state index contributed by atoms with van der Waals surface area (Å²) in [5.74, 6) is 0. The van der Waals surface area contributed by atoms with Crippen molar-refractivity contribution >= 4 is 11.6 Å². The van der Waals surface area contributed by atoms with Crippen LogP contribution in [0.4, 0.5) is 0 Å². The zero-order valence-corrected chi connectivity index (χ0v) is 6.64. The molecular weight excluding hydrogens is 162 g/mol. The van der Waals surface area contributed by atoms with E-state index in [-0.39, 0.29) is 5.43 Å². The largest absolute Gasteiger partial charge is 0.364 e. The first-order chi connectivity index (χ1) is 5.33. The maximum Gasteiger partial charge on any atom is 0.181 e. The van der Waals surface area contributed by atoms with Crippen LogP contribution in [0.15, 0.2) is 34.7 Å². The van der Waals surface area contributed by atoms with Gasteiger partial charge in [-0.1, -0.05) is 17.7 Å². The molecule has 1 N–H and O–H groups in total. The molecule has 0 bridgehead atoms. The van der Waals surface area contributed by atoms with Crippen LogP contribution in [0.25, 0.3) is 0 Å². The van der Waals surface area contributed by atoms with Crippen LogP contribution in [-0.2, 0) is 6.42 Å². The third-order valence-electron chi connectivity index (χ3n) is 1.26. The Morgan fingerprint density at radius 1 is 1.64 bits per heavy atom. The van der Waals surface area contributed by atoms with Crippen molar-refractivity contribution in [2.24, 2.45) is 0 Å². The average molecular weight is 170 g/mol. The van der Waals surface area contributed by atoms with Crippen LogP contribution in [0.1, 0.15) is 5.69 Å². The van der Waals surface area contributed by atoms with Crippen LogP contribution >= 0.6 is 11.6 Å². The molecular formula is C8H8ClNO. The number of rotatable bonds is 2. The average Bonchev–Trinajstić information content (AvgIpc) is 2.01. The molecule has 0 aliphatic heterocycles. The minimum absolute atomic E-state index is 0.0155. The van der Waals surface area contributed by atoms with E-state index in [9.17, 15) is 4.79 Å². The normalized spacial score (nSPS) is 10.6. The summed E-state index contributed by atoms with van der Waals surface area (Å²) >= 11 is 5.32. The molecule has 0 saturated heterocycles. The van der Waals surface area contributed by atoms with Crippen molar-refractivity contribution in [2.75, 3.05) is 0 Å². The van der Waals surface area contributed by atoms with Gasteiger partial charge in [-0.2, -0.15) is 0 Å². The summed E-state index contributed by atoms with van der Waals surface area (Å²) in [6, 6.07) is 3.03. The Hall–Kier alpha value is -1.02. The molecule has 0 spiro atoms. The van der Waals surface area contributed by atoms with E-state index in [1.54, 1.807) is 18.3 Å². The number of allylic oxidation sites excluding steroid dienone is 1. The van der Waals surface area contributed by atoms with Gasteiger partial charge >= 0.3 is 0 Å². The van der Waals surface area contributed by atoms with Gasteiger partial charge in [0.15, 0.2) is 5.43 Å². The highest BCUT2D eigenvalue weighted by Crippen LogP contribution is 1.92. The van der Waals surface area contributed by atoms with E-state index >= 15 is 0 Å². The summed E-state index contributed by atoms with van der Waals surface area (Å²) in [6.07, 6.45) is 4.06. The molecule has 3 heteroatoms. The SMILES string of the molecule is O=c1cc[nH]c(CC=CCl)c1. The molecule has 1 rings (SSSR count). The minimum atomic E-state index is 0.0155. The highest BCUT2D eigenvalue weighted by atomic mass is 35.5. The highest BCUT2D eigenvalue weighted by Gasteiger charge is 1.88. The third-order valence-corrected chi connectivity index (χ3v) is 1.44. The van der Waals surface area contributed by atoms with Gasteiger partial charge in [0.05, 0.1) is 0 Å². The van der Waals surface area contributed by atoms with Gasteiger partial charge in [-0.05, 0) is 0 Å². The number of nitrogens with one attached hydrogen (secondary N) is 1. The molecule has 0 aliphatic carbocycles. The Labute approximate surface area is 69.5 Å². The molecule has 1 aromatic heterocycles. The Morgan fingerprint density at radius 2 is 2.45 bits per heavy atom. The van der Waals surface area contributed by atoms with Crippen molar-refractivity contribution in [1.29, 1.82) is 0 Å². The summed E-state index contributed by atoms with van der Waals surface area (Å²) in [5, 5.41) is 0. The summed E-state index contributed by atoms with van der Waals surface area (Å²) in [4.78, 5) is 13.7. The molecule has 0 aliphatic rings. The maximum atomic E-state index is 10.8. The van der Waals surface area contributed by atoms with Gasteiger partial charge in [0.2, 0.25) is 0 Å². The van der Waals surface area contributed by atoms with E-state index in [0.717, 1.165) is 5.69 Å². The van der Waals surface area contributed by atoms with Gasteiger partial charge in [0, 0.05) is 36.0 Å². The van der Waals surface area contributed by atoms with Crippen LogP contribution in [0.3, 0.4) is 0 Å². The third kappa shape index (κ3) is 2.60. The Balaban J connectivity index is 2.79. The van der Waals surface area contributed by atoms with E-state index in [4.69, 9.17) is 11.6 Å². The van der Waals surface area contributed by atoms with Crippen molar-refractivity contribution in [2.45, 2.75) is 6.42 Å². The molecule has 1 heterocycles. The standard InChI is InChI=1S/C8H8ClNO/c9-4-1-2-7-6-8(11)3-5-10-7/h1,3-6H,2H2,(H,10,11). The first kappa shape index (κ1) is 8.08.